The van der Waals surface area contributed by atoms with E-state index < -0.39 is 0 Å². The smallest absolute Gasteiger partial charge is 0.137 e. The van der Waals surface area contributed by atoms with Crippen molar-refractivity contribution in [1.29, 1.82) is 0 Å². The van der Waals surface area contributed by atoms with Gasteiger partial charge in [0.05, 0.1) is 31.4 Å². The van der Waals surface area contributed by atoms with E-state index in [9.17, 15) is 0 Å². The van der Waals surface area contributed by atoms with E-state index in [-0.39, 0.29) is 0 Å². The van der Waals surface area contributed by atoms with Gasteiger partial charge in [0, 0.05) is 49.5 Å². The number of imidazole rings is 1. The summed E-state index contributed by atoms with van der Waals surface area (Å²) in [6.45, 7) is 4.32. The molecule has 0 bridgehead atoms. The summed E-state index contributed by atoms with van der Waals surface area (Å²) >= 11 is 1.70. The zero-order valence-electron chi connectivity index (χ0n) is 13.3. The van der Waals surface area contributed by atoms with Crippen LogP contribution in [0.15, 0.2) is 48.6 Å². The van der Waals surface area contributed by atoms with Crippen LogP contribution < -0.4 is 4.74 Å². The molecule has 4 rings (SSSR count). The first-order chi connectivity index (χ1) is 11.9. The Labute approximate surface area is 144 Å². The zero-order valence-corrected chi connectivity index (χ0v) is 14.1. The van der Waals surface area contributed by atoms with Gasteiger partial charge in [0.2, 0.25) is 0 Å². The summed E-state index contributed by atoms with van der Waals surface area (Å²) in [5, 5.41) is 3.18. The fourth-order valence-corrected chi connectivity index (χ4v) is 3.69. The van der Waals surface area contributed by atoms with E-state index in [1.807, 2.05) is 36.2 Å². The Kier molecular flexibility index (Phi) is 4.53. The molecule has 1 aliphatic heterocycles. The minimum absolute atomic E-state index is 0.389. The highest BCUT2D eigenvalue weighted by Gasteiger charge is 2.23. The molecule has 0 unspecified atom stereocenters. The molecular weight excluding hydrogens is 322 g/mol. The van der Waals surface area contributed by atoms with Crippen LogP contribution in [0.5, 0.6) is 5.75 Å². The van der Waals surface area contributed by atoms with E-state index in [4.69, 9.17) is 4.74 Å². The highest BCUT2D eigenvalue weighted by atomic mass is 32.1. The molecule has 1 atom stereocenters. The lowest BCUT2D eigenvalue weighted by molar-refractivity contribution is 0.167. The number of nitrogens with zero attached hydrogens (tertiary/aromatic N) is 5. The largest absolute Gasteiger partial charge is 0.492 e. The number of fused-ring (bicyclic) bond motifs is 1. The second-order valence-corrected chi connectivity index (χ2v) is 6.98. The molecule has 0 radical (unpaired) electrons. The van der Waals surface area contributed by atoms with Crippen LogP contribution in [-0.2, 0) is 19.6 Å². The quantitative estimate of drug-likeness (QED) is 0.713. The molecule has 0 aromatic carbocycles. The first-order valence-corrected chi connectivity index (χ1v) is 8.87. The van der Waals surface area contributed by atoms with Crippen LogP contribution in [0, 0.1) is 5.92 Å². The number of rotatable bonds is 5. The maximum atomic E-state index is 5.94. The van der Waals surface area contributed by atoms with Crippen molar-refractivity contribution in [3.05, 3.63) is 59.3 Å². The number of aromatic nitrogens is 4. The minimum atomic E-state index is 0.389. The van der Waals surface area contributed by atoms with Crippen molar-refractivity contribution in [2.45, 2.75) is 19.6 Å². The summed E-state index contributed by atoms with van der Waals surface area (Å²) < 4.78 is 8.18. The molecule has 3 aromatic rings. The first kappa shape index (κ1) is 15.3. The summed E-state index contributed by atoms with van der Waals surface area (Å²) in [6.07, 6.45) is 9.25. The van der Waals surface area contributed by atoms with Gasteiger partial charge in [-0.15, -0.1) is 11.3 Å². The van der Waals surface area contributed by atoms with Crippen LogP contribution in [-0.4, -0.2) is 37.6 Å². The van der Waals surface area contributed by atoms with Crippen molar-refractivity contribution in [3.63, 3.8) is 0 Å². The molecule has 0 saturated heterocycles. The van der Waals surface area contributed by atoms with Crippen molar-refractivity contribution in [2.24, 2.45) is 5.92 Å². The maximum absolute atomic E-state index is 5.94. The van der Waals surface area contributed by atoms with Gasteiger partial charge in [0.15, 0.2) is 0 Å². The van der Waals surface area contributed by atoms with Crippen LogP contribution >= 0.6 is 11.3 Å². The molecule has 3 aromatic heterocycles. The summed E-state index contributed by atoms with van der Waals surface area (Å²) in [5.41, 5.74) is 1.25. The van der Waals surface area contributed by atoms with Gasteiger partial charge in [-0.25, -0.2) is 9.97 Å². The average molecular weight is 341 g/mol. The molecule has 0 saturated carbocycles. The molecule has 124 valence electrons. The third kappa shape index (κ3) is 3.63. The molecule has 7 heteroatoms. The summed E-state index contributed by atoms with van der Waals surface area (Å²) in [4.78, 5) is 15.2. The summed E-state index contributed by atoms with van der Waals surface area (Å²) in [7, 11) is 0. The van der Waals surface area contributed by atoms with E-state index in [1.54, 1.807) is 23.7 Å². The van der Waals surface area contributed by atoms with Crippen LogP contribution in [0.25, 0.3) is 0 Å². The Morgan fingerprint density at radius 3 is 3.04 bits per heavy atom. The highest BCUT2D eigenvalue weighted by Crippen LogP contribution is 2.20. The molecule has 4 heterocycles. The molecule has 0 aliphatic carbocycles. The second-order valence-electron chi connectivity index (χ2n) is 6.00. The number of hydrogen-bond acceptors (Lipinski definition) is 6. The average Bonchev–Trinajstić information content (AvgIpc) is 3.23. The molecule has 0 fully saturated rings. The van der Waals surface area contributed by atoms with E-state index in [1.165, 1.54) is 5.69 Å². The number of thiazole rings is 1. The van der Waals surface area contributed by atoms with E-state index in [0.29, 0.717) is 12.5 Å². The zero-order chi connectivity index (χ0) is 16.2. The topological polar surface area (TPSA) is 56.1 Å². The maximum Gasteiger partial charge on any atom is 0.137 e. The Morgan fingerprint density at radius 2 is 2.21 bits per heavy atom. The predicted molar refractivity (Wildman–Crippen MR) is 91.7 cm³/mol. The molecule has 0 amide bonds. The lowest BCUT2D eigenvalue weighted by atomic mass is 10.1. The monoisotopic (exact) mass is 341 g/mol. The minimum Gasteiger partial charge on any atom is -0.492 e. The number of hydrogen-bond donors (Lipinski definition) is 0. The van der Waals surface area contributed by atoms with Gasteiger partial charge >= 0.3 is 0 Å². The van der Waals surface area contributed by atoms with Crippen LogP contribution in [0.2, 0.25) is 0 Å². The Hall–Kier alpha value is -2.25. The van der Waals surface area contributed by atoms with Gasteiger partial charge in [-0.05, 0) is 12.1 Å². The van der Waals surface area contributed by atoms with Gasteiger partial charge in [0.25, 0.3) is 0 Å². The van der Waals surface area contributed by atoms with Crippen molar-refractivity contribution in [2.75, 3.05) is 13.2 Å². The van der Waals surface area contributed by atoms with E-state index in [0.717, 1.165) is 36.9 Å². The van der Waals surface area contributed by atoms with Crippen LogP contribution in [0.4, 0.5) is 0 Å². The SMILES string of the molecule is c1cncc(OC[C@@H]2CN(Cc3nccs3)Cc3cncn3C2)c1. The van der Waals surface area contributed by atoms with Crippen molar-refractivity contribution < 1.29 is 4.74 Å². The third-order valence-electron chi connectivity index (χ3n) is 4.12. The van der Waals surface area contributed by atoms with Crippen LogP contribution in [0.3, 0.4) is 0 Å². The van der Waals surface area contributed by atoms with Crippen molar-refractivity contribution in [1.82, 2.24) is 24.4 Å². The highest BCUT2D eigenvalue weighted by molar-refractivity contribution is 7.09. The predicted octanol–water partition coefficient (Wildman–Crippen LogP) is 2.45. The standard InChI is InChI=1S/C17H19N5OS/c1-2-16(7-18-3-1)23-12-14-8-21(11-17-20-4-5-24-17)10-15-6-19-13-22(15)9-14/h1-7,13-14H,8-12H2/t14-/m1/s1. The molecule has 1 aliphatic rings. The first-order valence-electron chi connectivity index (χ1n) is 7.99. The summed E-state index contributed by atoms with van der Waals surface area (Å²) in [6, 6.07) is 3.84. The van der Waals surface area contributed by atoms with Crippen molar-refractivity contribution in [3.8, 4) is 5.75 Å². The summed E-state index contributed by atoms with van der Waals surface area (Å²) in [5.74, 6) is 1.21. The Morgan fingerprint density at radius 1 is 1.21 bits per heavy atom. The van der Waals surface area contributed by atoms with Gasteiger partial charge in [-0.3, -0.25) is 9.88 Å². The third-order valence-corrected chi connectivity index (χ3v) is 4.88. The van der Waals surface area contributed by atoms with Gasteiger partial charge in [0.1, 0.15) is 10.8 Å². The van der Waals surface area contributed by atoms with E-state index >= 15 is 0 Å². The fourth-order valence-electron chi connectivity index (χ4n) is 3.03. The van der Waals surface area contributed by atoms with Gasteiger partial charge in [-0.1, -0.05) is 0 Å². The second kappa shape index (κ2) is 7.11. The van der Waals surface area contributed by atoms with Crippen molar-refractivity contribution >= 4 is 11.3 Å². The Bertz CT molecular complexity index is 758. The Balaban J connectivity index is 1.46. The molecule has 24 heavy (non-hydrogen) atoms. The molecule has 6 nitrogen and oxygen atoms in total. The number of pyridine rings is 1. The van der Waals surface area contributed by atoms with Gasteiger partial charge in [-0.2, -0.15) is 0 Å². The van der Waals surface area contributed by atoms with E-state index in [2.05, 4.69) is 24.4 Å². The lowest BCUT2D eigenvalue weighted by Crippen LogP contribution is -2.30. The normalized spacial score (nSPS) is 18.1. The van der Waals surface area contributed by atoms with Gasteiger partial charge < -0.3 is 9.30 Å². The fraction of sp³-hybridized carbons (Fsp3) is 0.353. The number of ether oxygens (including phenoxy) is 1. The van der Waals surface area contributed by atoms with Crippen LogP contribution in [0.1, 0.15) is 10.7 Å². The molecule has 0 spiro atoms. The molecular formula is C17H19N5OS. The molecule has 0 N–H and O–H groups in total. The lowest BCUT2D eigenvalue weighted by Gasteiger charge is -2.23.